The lowest BCUT2D eigenvalue weighted by molar-refractivity contribution is 0.0981. The van der Waals surface area contributed by atoms with Crippen LogP contribution in [0, 0.1) is 6.92 Å². The van der Waals surface area contributed by atoms with Crippen LogP contribution in [0.2, 0.25) is 0 Å². The van der Waals surface area contributed by atoms with Crippen LogP contribution in [0.1, 0.15) is 41.8 Å². The molecule has 2 aromatic heterocycles. The largest absolute Gasteiger partial charge is 0.346 e. The van der Waals surface area contributed by atoms with Crippen molar-refractivity contribution < 1.29 is 4.79 Å². The summed E-state index contributed by atoms with van der Waals surface area (Å²) in [4.78, 5) is 11.7. The monoisotopic (exact) mass is 246 g/mol. The summed E-state index contributed by atoms with van der Waals surface area (Å²) in [7, 11) is 1.94. The highest BCUT2D eigenvalue weighted by atomic mass is 16.1. The predicted molar refractivity (Wildman–Crippen MR) is 68.5 cm³/mol. The number of ketones is 1. The molecule has 18 heavy (non-hydrogen) atoms. The Kier molecular flexibility index (Phi) is 3.60. The van der Waals surface area contributed by atoms with E-state index in [2.05, 4.69) is 10.2 Å². The Morgan fingerprint density at radius 3 is 2.78 bits per heavy atom. The van der Waals surface area contributed by atoms with Crippen LogP contribution in [-0.2, 0) is 13.6 Å². The van der Waals surface area contributed by atoms with Crippen molar-refractivity contribution in [1.29, 1.82) is 0 Å². The molecule has 0 saturated carbocycles. The van der Waals surface area contributed by atoms with Crippen molar-refractivity contribution in [3.8, 4) is 0 Å². The molecule has 2 rings (SSSR count). The summed E-state index contributed by atoms with van der Waals surface area (Å²) in [5.41, 5.74) is 0.774. The maximum Gasteiger partial charge on any atom is 0.164 e. The van der Waals surface area contributed by atoms with Crippen LogP contribution in [0.15, 0.2) is 18.5 Å². The Morgan fingerprint density at radius 2 is 2.17 bits per heavy atom. The first kappa shape index (κ1) is 12.5. The lowest BCUT2D eigenvalue weighted by Gasteiger charge is -2.02. The lowest BCUT2D eigenvalue weighted by atomic mass is 10.1. The fourth-order valence-electron chi connectivity index (χ4n) is 1.83. The Bertz CT molecular complexity index is 553. The summed E-state index contributed by atoms with van der Waals surface area (Å²) in [5, 5.41) is 8.12. The average molecular weight is 246 g/mol. The first-order valence-electron chi connectivity index (χ1n) is 6.15. The van der Waals surface area contributed by atoms with E-state index in [1.54, 1.807) is 0 Å². The maximum atomic E-state index is 11.7. The van der Waals surface area contributed by atoms with Crippen LogP contribution in [0.4, 0.5) is 0 Å². The smallest absolute Gasteiger partial charge is 0.164 e. The summed E-state index contributed by atoms with van der Waals surface area (Å²) in [6.45, 7) is 4.57. The van der Waals surface area contributed by atoms with E-state index in [9.17, 15) is 4.79 Å². The van der Waals surface area contributed by atoms with Gasteiger partial charge in [-0.2, -0.15) is 0 Å². The molecule has 0 N–H and O–H groups in total. The van der Waals surface area contributed by atoms with Gasteiger partial charge in [0.05, 0.1) is 6.54 Å². The highest BCUT2D eigenvalue weighted by Gasteiger charge is 2.09. The summed E-state index contributed by atoms with van der Waals surface area (Å²) in [6, 6.07) is 1.86. The number of hydrogen-bond donors (Lipinski definition) is 0. The number of nitrogens with zero attached hydrogens (tertiary/aromatic N) is 4. The van der Waals surface area contributed by atoms with Gasteiger partial charge in [0.15, 0.2) is 11.6 Å². The molecular formula is C13H18N4O. The SMILES string of the molecule is CCCC(=O)c1ccn(Cc2nnc(C)n2C)c1. The van der Waals surface area contributed by atoms with Gasteiger partial charge in [0.2, 0.25) is 0 Å². The topological polar surface area (TPSA) is 52.7 Å². The second kappa shape index (κ2) is 5.16. The minimum absolute atomic E-state index is 0.199. The van der Waals surface area contributed by atoms with E-state index in [1.807, 2.05) is 48.5 Å². The molecule has 0 amide bonds. The lowest BCUT2D eigenvalue weighted by Crippen LogP contribution is -2.05. The molecule has 0 unspecified atom stereocenters. The van der Waals surface area contributed by atoms with Crippen molar-refractivity contribution >= 4 is 5.78 Å². The van der Waals surface area contributed by atoms with E-state index in [4.69, 9.17) is 0 Å². The van der Waals surface area contributed by atoms with Crippen LogP contribution in [0.5, 0.6) is 0 Å². The highest BCUT2D eigenvalue weighted by Crippen LogP contribution is 2.08. The molecule has 96 valence electrons. The van der Waals surface area contributed by atoms with Gasteiger partial charge in [0.25, 0.3) is 0 Å². The molecule has 0 atom stereocenters. The van der Waals surface area contributed by atoms with Gasteiger partial charge in [-0.05, 0) is 19.4 Å². The predicted octanol–water partition coefficient (Wildman–Crippen LogP) is 1.96. The van der Waals surface area contributed by atoms with Gasteiger partial charge in [0.1, 0.15) is 5.82 Å². The molecule has 0 saturated heterocycles. The van der Waals surface area contributed by atoms with E-state index in [0.29, 0.717) is 13.0 Å². The summed E-state index contributed by atoms with van der Waals surface area (Å²) >= 11 is 0. The van der Waals surface area contributed by atoms with E-state index in [0.717, 1.165) is 23.6 Å². The van der Waals surface area contributed by atoms with Crippen LogP contribution >= 0.6 is 0 Å². The standard InChI is InChI=1S/C13H18N4O/c1-4-5-12(18)11-6-7-17(8-11)9-13-15-14-10(2)16(13)3/h6-8H,4-5,9H2,1-3H3. The van der Waals surface area contributed by atoms with Crippen LogP contribution < -0.4 is 0 Å². The first-order chi connectivity index (χ1) is 8.61. The number of hydrogen-bond acceptors (Lipinski definition) is 3. The van der Waals surface area contributed by atoms with Crippen molar-refractivity contribution in [2.75, 3.05) is 0 Å². The van der Waals surface area contributed by atoms with Gasteiger partial charge in [-0.3, -0.25) is 4.79 Å². The molecule has 2 heterocycles. The zero-order chi connectivity index (χ0) is 13.1. The van der Waals surface area contributed by atoms with E-state index in [1.165, 1.54) is 0 Å². The molecule has 0 aromatic carbocycles. The van der Waals surface area contributed by atoms with Crippen molar-refractivity contribution in [3.05, 3.63) is 35.7 Å². The van der Waals surface area contributed by atoms with Crippen LogP contribution in [-0.4, -0.2) is 25.1 Å². The average Bonchev–Trinajstić information content (AvgIpc) is 2.92. The number of rotatable bonds is 5. The molecule has 0 spiro atoms. The van der Waals surface area contributed by atoms with Gasteiger partial charge >= 0.3 is 0 Å². The van der Waals surface area contributed by atoms with Gasteiger partial charge in [-0.15, -0.1) is 10.2 Å². The van der Waals surface area contributed by atoms with Crippen molar-refractivity contribution in [2.24, 2.45) is 7.05 Å². The van der Waals surface area contributed by atoms with Crippen LogP contribution in [0.3, 0.4) is 0 Å². The van der Waals surface area contributed by atoms with Gasteiger partial charge < -0.3 is 9.13 Å². The Labute approximate surface area is 106 Å². The quantitative estimate of drug-likeness (QED) is 0.758. The second-order valence-electron chi connectivity index (χ2n) is 4.47. The highest BCUT2D eigenvalue weighted by molar-refractivity contribution is 5.95. The molecular weight excluding hydrogens is 228 g/mol. The van der Waals surface area contributed by atoms with Crippen LogP contribution in [0.25, 0.3) is 0 Å². The summed E-state index contributed by atoms with van der Waals surface area (Å²) < 4.78 is 3.92. The molecule has 5 nitrogen and oxygen atoms in total. The third-order valence-electron chi connectivity index (χ3n) is 3.06. The molecule has 0 bridgehead atoms. The van der Waals surface area contributed by atoms with Crippen molar-refractivity contribution in [3.63, 3.8) is 0 Å². The molecule has 0 aliphatic carbocycles. The number of aromatic nitrogens is 4. The zero-order valence-corrected chi connectivity index (χ0v) is 11.1. The van der Waals surface area contributed by atoms with Gasteiger partial charge in [-0.25, -0.2) is 0 Å². The Balaban J connectivity index is 2.11. The van der Waals surface area contributed by atoms with Gasteiger partial charge in [-0.1, -0.05) is 6.92 Å². The number of carbonyl (C=O) groups excluding carboxylic acids is 1. The first-order valence-corrected chi connectivity index (χ1v) is 6.15. The van der Waals surface area contributed by atoms with E-state index < -0.39 is 0 Å². The van der Waals surface area contributed by atoms with Gasteiger partial charge in [0, 0.05) is 31.4 Å². The van der Waals surface area contributed by atoms with E-state index >= 15 is 0 Å². The van der Waals surface area contributed by atoms with Crippen molar-refractivity contribution in [2.45, 2.75) is 33.2 Å². The summed E-state index contributed by atoms with van der Waals surface area (Å²) in [5.74, 6) is 1.97. The number of carbonyl (C=O) groups is 1. The maximum absolute atomic E-state index is 11.7. The molecule has 0 aliphatic heterocycles. The fraction of sp³-hybridized carbons (Fsp3) is 0.462. The molecule has 5 heteroatoms. The number of Topliss-reactive ketones (excluding diaryl/α,β-unsaturated/α-hetero) is 1. The van der Waals surface area contributed by atoms with Crippen molar-refractivity contribution in [1.82, 2.24) is 19.3 Å². The Hall–Kier alpha value is -1.91. The normalized spacial score (nSPS) is 10.8. The third-order valence-corrected chi connectivity index (χ3v) is 3.06. The minimum Gasteiger partial charge on any atom is -0.346 e. The summed E-state index contributed by atoms with van der Waals surface area (Å²) in [6.07, 6.45) is 5.27. The molecule has 2 aromatic rings. The molecule has 0 aliphatic rings. The van der Waals surface area contributed by atoms with E-state index in [-0.39, 0.29) is 5.78 Å². The fourth-order valence-corrected chi connectivity index (χ4v) is 1.83. The molecule has 0 radical (unpaired) electrons. The third kappa shape index (κ3) is 2.50. The minimum atomic E-state index is 0.199. The Morgan fingerprint density at radius 1 is 1.39 bits per heavy atom. The second-order valence-corrected chi connectivity index (χ2v) is 4.47. The molecule has 0 fully saturated rings. The zero-order valence-electron chi connectivity index (χ0n) is 11.1. The number of aryl methyl sites for hydroxylation is 1.